The van der Waals surface area contributed by atoms with Gasteiger partial charge in [0.2, 0.25) is 0 Å². The van der Waals surface area contributed by atoms with Gasteiger partial charge in [-0.2, -0.15) is 0 Å². The highest BCUT2D eigenvalue weighted by Crippen LogP contribution is 2.12. The van der Waals surface area contributed by atoms with E-state index < -0.39 is 6.67 Å². The van der Waals surface area contributed by atoms with E-state index in [2.05, 4.69) is 9.97 Å². The van der Waals surface area contributed by atoms with Crippen molar-refractivity contribution in [3.63, 3.8) is 0 Å². The molecule has 0 aliphatic heterocycles. The van der Waals surface area contributed by atoms with Gasteiger partial charge in [-0.05, 0) is 19.1 Å². The van der Waals surface area contributed by atoms with Crippen molar-refractivity contribution in [2.45, 2.75) is 13.6 Å². The molecule has 66 valence electrons. The van der Waals surface area contributed by atoms with Gasteiger partial charge in [-0.1, -0.05) is 6.07 Å². The van der Waals surface area contributed by atoms with E-state index >= 15 is 0 Å². The summed E-state index contributed by atoms with van der Waals surface area (Å²) in [6, 6.07) is 5.56. The molecule has 0 unspecified atom stereocenters. The van der Waals surface area contributed by atoms with Crippen LogP contribution in [0.25, 0.3) is 10.9 Å². The zero-order valence-corrected chi connectivity index (χ0v) is 7.29. The highest BCUT2D eigenvalue weighted by atomic mass is 19.1. The average molecular weight is 176 g/mol. The van der Waals surface area contributed by atoms with Crippen LogP contribution >= 0.6 is 0 Å². The minimum atomic E-state index is -0.524. The molecule has 0 aromatic carbocycles. The number of hydrogen-bond acceptors (Lipinski definition) is 2. The number of nitrogens with zero attached hydrogens (tertiary/aromatic N) is 2. The monoisotopic (exact) mass is 176 g/mol. The number of pyridine rings is 2. The van der Waals surface area contributed by atoms with Gasteiger partial charge in [-0.15, -0.1) is 0 Å². The summed E-state index contributed by atoms with van der Waals surface area (Å²) >= 11 is 0. The lowest BCUT2D eigenvalue weighted by Crippen LogP contribution is -1.88. The second kappa shape index (κ2) is 3.09. The SMILES string of the molecule is Cc1ccc2cc(CF)ncc2n1. The Labute approximate surface area is 75.4 Å². The molecular weight excluding hydrogens is 167 g/mol. The molecule has 0 spiro atoms. The smallest absolute Gasteiger partial charge is 0.131 e. The fourth-order valence-electron chi connectivity index (χ4n) is 1.25. The molecular formula is C10H9FN2. The average Bonchev–Trinajstić information content (AvgIpc) is 2.17. The molecule has 2 aromatic heterocycles. The molecule has 0 saturated carbocycles. The molecule has 0 N–H and O–H groups in total. The standard InChI is InChI=1S/C10H9FN2/c1-7-2-3-8-4-9(5-11)12-6-10(8)13-7/h2-4,6H,5H2,1H3. The van der Waals surface area contributed by atoms with Crippen molar-refractivity contribution in [3.8, 4) is 0 Å². The molecule has 2 nitrogen and oxygen atoms in total. The van der Waals surface area contributed by atoms with Crippen LogP contribution in [0.5, 0.6) is 0 Å². The molecule has 0 bridgehead atoms. The summed E-state index contributed by atoms with van der Waals surface area (Å²) in [5.41, 5.74) is 2.22. The van der Waals surface area contributed by atoms with Crippen LogP contribution in [0.3, 0.4) is 0 Å². The largest absolute Gasteiger partial charge is 0.256 e. The normalized spacial score (nSPS) is 10.6. The molecule has 0 aliphatic rings. The molecule has 2 aromatic rings. The van der Waals surface area contributed by atoms with Gasteiger partial charge < -0.3 is 0 Å². The predicted octanol–water partition coefficient (Wildman–Crippen LogP) is 2.41. The Kier molecular flexibility index (Phi) is 1.93. The van der Waals surface area contributed by atoms with Gasteiger partial charge in [-0.25, -0.2) is 4.39 Å². The molecule has 2 heterocycles. The Hall–Kier alpha value is -1.51. The number of rotatable bonds is 1. The van der Waals surface area contributed by atoms with E-state index in [9.17, 15) is 4.39 Å². The van der Waals surface area contributed by atoms with Crippen LogP contribution in [0, 0.1) is 6.92 Å². The van der Waals surface area contributed by atoms with Crippen LogP contribution in [0.2, 0.25) is 0 Å². The summed E-state index contributed by atoms with van der Waals surface area (Å²) in [7, 11) is 0. The van der Waals surface area contributed by atoms with Crippen LogP contribution in [0.15, 0.2) is 24.4 Å². The summed E-state index contributed by atoms with van der Waals surface area (Å²) in [5.74, 6) is 0. The van der Waals surface area contributed by atoms with E-state index in [4.69, 9.17) is 0 Å². The van der Waals surface area contributed by atoms with Gasteiger partial charge in [0, 0.05) is 11.1 Å². The van der Waals surface area contributed by atoms with E-state index in [-0.39, 0.29) is 0 Å². The first-order valence-corrected chi connectivity index (χ1v) is 4.08. The first-order valence-electron chi connectivity index (χ1n) is 4.08. The highest BCUT2D eigenvalue weighted by Gasteiger charge is 1.98. The summed E-state index contributed by atoms with van der Waals surface area (Å²) in [6.07, 6.45) is 1.61. The van der Waals surface area contributed by atoms with Crippen LogP contribution in [0.1, 0.15) is 11.4 Å². The molecule has 13 heavy (non-hydrogen) atoms. The van der Waals surface area contributed by atoms with Crippen LogP contribution in [-0.2, 0) is 6.67 Å². The maximum Gasteiger partial charge on any atom is 0.131 e. The van der Waals surface area contributed by atoms with E-state index in [1.54, 1.807) is 12.3 Å². The van der Waals surface area contributed by atoms with Crippen molar-refractivity contribution >= 4 is 10.9 Å². The van der Waals surface area contributed by atoms with Crippen molar-refractivity contribution in [2.75, 3.05) is 0 Å². The minimum absolute atomic E-state index is 0.457. The Morgan fingerprint density at radius 1 is 1.38 bits per heavy atom. The maximum absolute atomic E-state index is 12.2. The van der Waals surface area contributed by atoms with Crippen molar-refractivity contribution in [1.82, 2.24) is 9.97 Å². The Morgan fingerprint density at radius 3 is 3.00 bits per heavy atom. The minimum Gasteiger partial charge on any atom is -0.256 e. The first kappa shape index (κ1) is 8.10. The quantitative estimate of drug-likeness (QED) is 0.666. The number of aryl methyl sites for hydroxylation is 1. The number of aromatic nitrogens is 2. The second-order valence-electron chi connectivity index (χ2n) is 2.95. The van der Waals surface area contributed by atoms with Gasteiger partial charge in [0.25, 0.3) is 0 Å². The summed E-state index contributed by atoms with van der Waals surface area (Å²) < 4.78 is 12.2. The van der Waals surface area contributed by atoms with E-state index in [1.165, 1.54) is 0 Å². The number of hydrogen-bond donors (Lipinski definition) is 0. The van der Waals surface area contributed by atoms with Crippen molar-refractivity contribution in [2.24, 2.45) is 0 Å². The fraction of sp³-hybridized carbons (Fsp3) is 0.200. The van der Waals surface area contributed by atoms with Crippen LogP contribution in [-0.4, -0.2) is 9.97 Å². The predicted molar refractivity (Wildman–Crippen MR) is 49.1 cm³/mol. The molecule has 0 fully saturated rings. The van der Waals surface area contributed by atoms with E-state index in [0.717, 1.165) is 16.6 Å². The molecule has 3 heteroatoms. The van der Waals surface area contributed by atoms with E-state index in [1.807, 2.05) is 19.1 Å². The van der Waals surface area contributed by atoms with Crippen molar-refractivity contribution in [3.05, 3.63) is 35.8 Å². The van der Waals surface area contributed by atoms with E-state index in [0.29, 0.717) is 5.69 Å². The Bertz CT molecular complexity index is 440. The number of fused-ring (bicyclic) bond motifs is 1. The third kappa shape index (κ3) is 1.49. The topological polar surface area (TPSA) is 25.8 Å². The molecule has 0 atom stereocenters. The van der Waals surface area contributed by atoms with Crippen LogP contribution < -0.4 is 0 Å². The third-order valence-electron chi connectivity index (χ3n) is 1.91. The van der Waals surface area contributed by atoms with Crippen LogP contribution in [0.4, 0.5) is 4.39 Å². The molecule has 0 aliphatic carbocycles. The van der Waals surface area contributed by atoms with Gasteiger partial charge in [0.05, 0.1) is 17.4 Å². The zero-order chi connectivity index (χ0) is 9.26. The molecule has 0 radical (unpaired) electrons. The number of alkyl halides is 1. The third-order valence-corrected chi connectivity index (χ3v) is 1.91. The fourth-order valence-corrected chi connectivity index (χ4v) is 1.25. The van der Waals surface area contributed by atoms with Gasteiger partial charge in [0.15, 0.2) is 0 Å². The van der Waals surface area contributed by atoms with Gasteiger partial charge in [-0.3, -0.25) is 9.97 Å². The summed E-state index contributed by atoms with van der Waals surface area (Å²) in [4.78, 5) is 8.20. The lowest BCUT2D eigenvalue weighted by molar-refractivity contribution is 0.476. The summed E-state index contributed by atoms with van der Waals surface area (Å²) in [5, 5.41) is 0.938. The zero-order valence-electron chi connectivity index (χ0n) is 7.29. The molecule has 2 rings (SSSR count). The highest BCUT2D eigenvalue weighted by molar-refractivity contribution is 5.77. The van der Waals surface area contributed by atoms with Gasteiger partial charge >= 0.3 is 0 Å². The first-order chi connectivity index (χ1) is 6.29. The summed E-state index contributed by atoms with van der Waals surface area (Å²) in [6.45, 7) is 1.40. The van der Waals surface area contributed by atoms with Crippen molar-refractivity contribution in [1.29, 1.82) is 0 Å². The Balaban J connectivity index is 2.66. The molecule has 0 saturated heterocycles. The maximum atomic E-state index is 12.2. The van der Waals surface area contributed by atoms with Gasteiger partial charge in [0.1, 0.15) is 6.67 Å². The molecule has 0 amide bonds. The lowest BCUT2D eigenvalue weighted by atomic mass is 10.2. The number of halogens is 1. The van der Waals surface area contributed by atoms with Crippen molar-refractivity contribution < 1.29 is 4.39 Å². The second-order valence-corrected chi connectivity index (χ2v) is 2.95. The lowest BCUT2D eigenvalue weighted by Gasteiger charge is -1.99. The Morgan fingerprint density at radius 2 is 2.23 bits per heavy atom.